The fourth-order valence-electron chi connectivity index (χ4n) is 1.32. The van der Waals surface area contributed by atoms with E-state index in [1.54, 1.807) is 0 Å². The first-order valence-electron chi connectivity index (χ1n) is 5.48. The Morgan fingerprint density at radius 1 is 1.47 bits per heavy atom. The van der Waals surface area contributed by atoms with Gasteiger partial charge in [-0.15, -0.1) is 0 Å². The number of likely N-dealkylation sites (N-methyl/N-ethyl adjacent to an activating group) is 1. The van der Waals surface area contributed by atoms with Crippen LogP contribution in [0.4, 0.5) is 0 Å². The molecule has 0 aliphatic heterocycles. The molecular formula is C12H21NO2. The van der Waals surface area contributed by atoms with Gasteiger partial charge in [0.1, 0.15) is 5.60 Å². The van der Waals surface area contributed by atoms with Crippen molar-refractivity contribution < 1.29 is 9.53 Å². The SMILES string of the molecule is CN(C/C=C/C(=O)OC(C)(C)C)C1CC1. The molecule has 0 aromatic carbocycles. The summed E-state index contributed by atoms with van der Waals surface area (Å²) in [4.78, 5) is 13.5. The van der Waals surface area contributed by atoms with Crippen molar-refractivity contribution in [3.8, 4) is 0 Å². The number of rotatable bonds is 4. The van der Waals surface area contributed by atoms with Crippen LogP contribution in [-0.2, 0) is 9.53 Å². The van der Waals surface area contributed by atoms with Crippen molar-refractivity contribution in [2.45, 2.75) is 45.3 Å². The van der Waals surface area contributed by atoms with E-state index in [1.165, 1.54) is 18.9 Å². The molecule has 15 heavy (non-hydrogen) atoms. The Morgan fingerprint density at radius 3 is 2.53 bits per heavy atom. The van der Waals surface area contributed by atoms with E-state index in [9.17, 15) is 4.79 Å². The average Bonchev–Trinajstić information content (AvgIpc) is 2.81. The summed E-state index contributed by atoms with van der Waals surface area (Å²) in [5.74, 6) is -0.258. The maximum absolute atomic E-state index is 11.3. The van der Waals surface area contributed by atoms with Crippen LogP contribution in [0.3, 0.4) is 0 Å². The van der Waals surface area contributed by atoms with Gasteiger partial charge in [0.05, 0.1) is 0 Å². The quantitative estimate of drug-likeness (QED) is 0.526. The summed E-state index contributed by atoms with van der Waals surface area (Å²) >= 11 is 0. The van der Waals surface area contributed by atoms with E-state index in [4.69, 9.17) is 4.74 Å². The standard InChI is InChI=1S/C12H21NO2/c1-12(2,3)15-11(14)6-5-9-13(4)10-7-8-10/h5-6,10H,7-9H2,1-4H3/b6-5+. The summed E-state index contributed by atoms with van der Waals surface area (Å²) in [5.41, 5.74) is -0.399. The van der Waals surface area contributed by atoms with Gasteiger partial charge in [0.15, 0.2) is 0 Å². The molecule has 1 aliphatic rings. The first-order chi connectivity index (χ1) is 6.88. The van der Waals surface area contributed by atoms with Gasteiger partial charge < -0.3 is 4.74 Å². The highest BCUT2D eigenvalue weighted by Gasteiger charge is 2.24. The van der Waals surface area contributed by atoms with Crippen LogP contribution in [0.25, 0.3) is 0 Å². The fraction of sp³-hybridized carbons (Fsp3) is 0.750. The molecule has 0 heterocycles. The van der Waals surface area contributed by atoms with Crippen LogP contribution in [0.1, 0.15) is 33.6 Å². The molecule has 1 fully saturated rings. The van der Waals surface area contributed by atoms with Crippen molar-refractivity contribution in [1.82, 2.24) is 4.90 Å². The third-order valence-corrected chi connectivity index (χ3v) is 2.22. The van der Waals surface area contributed by atoms with Crippen LogP contribution in [0.2, 0.25) is 0 Å². The number of hydrogen-bond donors (Lipinski definition) is 0. The second-order valence-corrected chi connectivity index (χ2v) is 5.11. The molecule has 1 saturated carbocycles. The summed E-state index contributed by atoms with van der Waals surface area (Å²) in [6.07, 6.45) is 5.96. The Bertz CT molecular complexity index is 249. The molecule has 0 aromatic heterocycles. The van der Waals surface area contributed by atoms with E-state index in [0.717, 1.165) is 12.6 Å². The number of esters is 1. The average molecular weight is 211 g/mol. The van der Waals surface area contributed by atoms with Gasteiger partial charge in [0.2, 0.25) is 0 Å². The van der Waals surface area contributed by atoms with Crippen LogP contribution in [0.5, 0.6) is 0 Å². The Hall–Kier alpha value is -0.830. The highest BCUT2D eigenvalue weighted by Crippen LogP contribution is 2.24. The van der Waals surface area contributed by atoms with Crippen molar-refractivity contribution in [3.63, 3.8) is 0 Å². The van der Waals surface area contributed by atoms with Gasteiger partial charge in [-0.05, 0) is 40.7 Å². The molecule has 0 saturated heterocycles. The predicted octanol–water partition coefficient (Wildman–Crippen LogP) is 1.98. The summed E-state index contributed by atoms with van der Waals surface area (Å²) < 4.78 is 5.15. The van der Waals surface area contributed by atoms with Gasteiger partial charge >= 0.3 is 5.97 Å². The van der Waals surface area contributed by atoms with E-state index in [0.29, 0.717) is 0 Å². The first-order valence-corrected chi connectivity index (χ1v) is 5.48. The lowest BCUT2D eigenvalue weighted by Crippen LogP contribution is -2.23. The number of hydrogen-bond acceptors (Lipinski definition) is 3. The molecule has 0 aromatic rings. The summed E-state index contributed by atoms with van der Waals surface area (Å²) in [7, 11) is 2.08. The van der Waals surface area contributed by atoms with Crippen LogP contribution >= 0.6 is 0 Å². The van der Waals surface area contributed by atoms with Crippen LogP contribution < -0.4 is 0 Å². The van der Waals surface area contributed by atoms with Crippen molar-refractivity contribution in [2.24, 2.45) is 0 Å². The molecule has 0 radical (unpaired) electrons. The van der Waals surface area contributed by atoms with Gasteiger partial charge in [-0.1, -0.05) is 6.08 Å². The third-order valence-electron chi connectivity index (χ3n) is 2.22. The Labute approximate surface area is 92.1 Å². The highest BCUT2D eigenvalue weighted by atomic mass is 16.6. The minimum Gasteiger partial charge on any atom is -0.457 e. The summed E-state index contributed by atoms with van der Waals surface area (Å²) in [6.45, 7) is 6.43. The molecule has 1 aliphatic carbocycles. The molecule has 3 nitrogen and oxygen atoms in total. The Morgan fingerprint density at radius 2 is 2.07 bits per heavy atom. The van der Waals surface area contributed by atoms with E-state index >= 15 is 0 Å². The lowest BCUT2D eigenvalue weighted by molar-refractivity contribution is -0.148. The zero-order chi connectivity index (χ0) is 11.5. The monoisotopic (exact) mass is 211 g/mol. The molecule has 0 unspecified atom stereocenters. The fourth-order valence-corrected chi connectivity index (χ4v) is 1.32. The maximum Gasteiger partial charge on any atom is 0.330 e. The van der Waals surface area contributed by atoms with Gasteiger partial charge in [-0.25, -0.2) is 4.79 Å². The number of carbonyl (C=O) groups is 1. The Balaban J connectivity index is 2.21. The maximum atomic E-state index is 11.3. The molecule has 0 amide bonds. The van der Waals surface area contributed by atoms with E-state index in [1.807, 2.05) is 26.8 Å². The number of nitrogens with zero attached hydrogens (tertiary/aromatic N) is 1. The van der Waals surface area contributed by atoms with Gasteiger partial charge in [-0.2, -0.15) is 0 Å². The third kappa shape index (κ3) is 5.57. The van der Waals surface area contributed by atoms with Crippen molar-refractivity contribution in [1.29, 1.82) is 0 Å². The molecule has 0 spiro atoms. The minimum absolute atomic E-state index is 0.258. The second-order valence-electron chi connectivity index (χ2n) is 5.11. The minimum atomic E-state index is -0.399. The van der Waals surface area contributed by atoms with Crippen LogP contribution in [0, 0.1) is 0 Å². The molecule has 86 valence electrons. The first kappa shape index (κ1) is 12.2. The van der Waals surface area contributed by atoms with Gasteiger partial charge in [0.25, 0.3) is 0 Å². The topological polar surface area (TPSA) is 29.5 Å². The van der Waals surface area contributed by atoms with Gasteiger partial charge in [-0.3, -0.25) is 4.90 Å². The number of ether oxygens (including phenoxy) is 1. The van der Waals surface area contributed by atoms with Crippen molar-refractivity contribution in [2.75, 3.05) is 13.6 Å². The molecule has 0 atom stereocenters. The highest BCUT2D eigenvalue weighted by molar-refractivity contribution is 5.82. The van der Waals surface area contributed by atoms with Crippen molar-refractivity contribution in [3.05, 3.63) is 12.2 Å². The van der Waals surface area contributed by atoms with Crippen molar-refractivity contribution >= 4 is 5.97 Å². The molecule has 0 N–H and O–H groups in total. The van der Waals surface area contributed by atoms with Crippen LogP contribution in [0.15, 0.2) is 12.2 Å². The zero-order valence-corrected chi connectivity index (χ0v) is 10.1. The number of carbonyl (C=O) groups excluding carboxylic acids is 1. The summed E-state index contributed by atoms with van der Waals surface area (Å²) in [5, 5.41) is 0. The smallest absolute Gasteiger partial charge is 0.330 e. The largest absolute Gasteiger partial charge is 0.457 e. The zero-order valence-electron chi connectivity index (χ0n) is 10.1. The molecule has 1 rings (SSSR count). The Kier molecular flexibility index (Phi) is 3.91. The molecule has 3 heteroatoms. The second kappa shape index (κ2) is 4.79. The van der Waals surface area contributed by atoms with E-state index in [-0.39, 0.29) is 5.97 Å². The molecular weight excluding hydrogens is 190 g/mol. The van der Waals surface area contributed by atoms with E-state index in [2.05, 4.69) is 11.9 Å². The summed E-state index contributed by atoms with van der Waals surface area (Å²) in [6, 6.07) is 0.730. The normalized spacial score (nSPS) is 17.4. The van der Waals surface area contributed by atoms with Crippen LogP contribution in [-0.4, -0.2) is 36.1 Å². The predicted molar refractivity (Wildman–Crippen MR) is 60.6 cm³/mol. The van der Waals surface area contributed by atoms with E-state index < -0.39 is 5.60 Å². The lowest BCUT2D eigenvalue weighted by atomic mass is 10.2. The molecule has 0 bridgehead atoms. The van der Waals surface area contributed by atoms with Gasteiger partial charge in [0, 0.05) is 18.7 Å². The lowest BCUT2D eigenvalue weighted by Gasteiger charge is -2.18.